The van der Waals surface area contributed by atoms with Gasteiger partial charge >= 0.3 is 0 Å². The van der Waals surface area contributed by atoms with E-state index in [4.69, 9.17) is 5.26 Å². The summed E-state index contributed by atoms with van der Waals surface area (Å²) in [5.74, 6) is 0.0913. The third-order valence-corrected chi connectivity index (χ3v) is 3.30. The van der Waals surface area contributed by atoms with Crippen LogP contribution in [0.4, 0.5) is 0 Å². The third-order valence-electron chi connectivity index (χ3n) is 3.30. The first-order valence-electron chi connectivity index (χ1n) is 6.51. The first-order chi connectivity index (χ1) is 8.79. The van der Waals surface area contributed by atoms with Crippen LogP contribution in [-0.4, -0.2) is 12.5 Å². The lowest BCUT2D eigenvalue weighted by Crippen LogP contribution is -2.32. The fraction of sp³-hybridized carbons (Fsp3) is 0.467. The Morgan fingerprint density at radius 2 is 2.11 bits per heavy atom. The molecule has 1 fully saturated rings. The topological polar surface area (TPSA) is 52.9 Å². The molecule has 1 amide bonds. The molecule has 0 spiro atoms. The number of hydrogen-bond acceptors (Lipinski definition) is 2. The fourth-order valence-electron chi connectivity index (χ4n) is 1.98. The van der Waals surface area contributed by atoms with Crippen LogP contribution in [0.15, 0.2) is 30.3 Å². The van der Waals surface area contributed by atoms with Crippen LogP contribution in [-0.2, 0) is 11.2 Å². The number of amides is 1. The van der Waals surface area contributed by atoms with Crippen molar-refractivity contribution < 1.29 is 4.79 Å². The zero-order valence-electron chi connectivity index (χ0n) is 10.4. The van der Waals surface area contributed by atoms with E-state index in [1.807, 2.05) is 30.3 Å². The summed E-state index contributed by atoms with van der Waals surface area (Å²) in [6.07, 6.45) is 4.13. The maximum atomic E-state index is 11.8. The SMILES string of the molecule is N#CC(Cc1ccccc1)C(=O)NCCC1CC1. The molecule has 0 heterocycles. The standard InChI is InChI=1S/C15H18N2O/c16-11-14(10-13-4-2-1-3-5-13)15(18)17-9-8-12-6-7-12/h1-5,12,14H,6-10H2,(H,17,18). The average molecular weight is 242 g/mol. The number of nitrogens with zero attached hydrogens (tertiary/aromatic N) is 1. The van der Waals surface area contributed by atoms with E-state index in [9.17, 15) is 4.79 Å². The molecule has 1 unspecified atom stereocenters. The van der Waals surface area contributed by atoms with Crippen molar-refractivity contribution >= 4 is 5.91 Å². The molecular weight excluding hydrogens is 224 g/mol. The maximum absolute atomic E-state index is 11.8. The van der Waals surface area contributed by atoms with Gasteiger partial charge in [0.15, 0.2) is 0 Å². The van der Waals surface area contributed by atoms with Gasteiger partial charge in [-0.3, -0.25) is 4.79 Å². The van der Waals surface area contributed by atoms with Gasteiger partial charge in [-0.25, -0.2) is 0 Å². The Morgan fingerprint density at radius 3 is 2.72 bits per heavy atom. The van der Waals surface area contributed by atoms with E-state index in [1.54, 1.807) is 0 Å². The molecule has 3 nitrogen and oxygen atoms in total. The molecule has 1 N–H and O–H groups in total. The van der Waals surface area contributed by atoms with Crippen molar-refractivity contribution in [1.29, 1.82) is 5.26 Å². The van der Waals surface area contributed by atoms with Crippen molar-refractivity contribution in [2.75, 3.05) is 6.54 Å². The van der Waals surface area contributed by atoms with Crippen LogP contribution < -0.4 is 5.32 Å². The van der Waals surface area contributed by atoms with E-state index in [1.165, 1.54) is 12.8 Å². The Labute approximate surface area is 108 Å². The van der Waals surface area contributed by atoms with Crippen LogP contribution in [0.1, 0.15) is 24.8 Å². The Kier molecular flexibility index (Phi) is 4.35. The van der Waals surface area contributed by atoms with Crippen LogP contribution in [0.5, 0.6) is 0 Å². The van der Waals surface area contributed by atoms with Crippen molar-refractivity contribution in [2.45, 2.75) is 25.7 Å². The minimum atomic E-state index is -0.577. The summed E-state index contributed by atoms with van der Waals surface area (Å²) in [6.45, 7) is 0.705. The predicted molar refractivity (Wildman–Crippen MR) is 69.6 cm³/mol. The van der Waals surface area contributed by atoms with Gasteiger partial charge in [0.1, 0.15) is 5.92 Å². The largest absolute Gasteiger partial charge is 0.355 e. The highest BCUT2D eigenvalue weighted by Gasteiger charge is 2.22. The molecule has 0 aromatic heterocycles. The zero-order valence-corrected chi connectivity index (χ0v) is 10.4. The number of hydrogen-bond donors (Lipinski definition) is 1. The van der Waals surface area contributed by atoms with Gasteiger partial charge in [0.25, 0.3) is 0 Å². The molecule has 3 heteroatoms. The predicted octanol–water partition coefficient (Wildman–Crippen LogP) is 2.29. The van der Waals surface area contributed by atoms with Crippen LogP contribution >= 0.6 is 0 Å². The Balaban J connectivity index is 1.79. The molecule has 0 aliphatic heterocycles. The maximum Gasteiger partial charge on any atom is 0.237 e. The van der Waals surface area contributed by atoms with Gasteiger partial charge in [-0.15, -0.1) is 0 Å². The van der Waals surface area contributed by atoms with Gasteiger partial charge in [0.2, 0.25) is 5.91 Å². The van der Waals surface area contributed by atoms with Gasteiger partial charge in [-0.1, -0.05) is 43.2 Å². The number of nitrogens with one attached hydrogen (secondary N) is 1. The van der Waals surface area contributed by atoms with Crippen molar-refractivity contribution in [3.8, 4) is 6.07 Å². The van der Waals surface area contributed by atoms with Gasteiger partial charge < -0.3 is 5.32 Å². The molecular formula is C15H18N2O. The molecule has 18 heavy (non-hydrogen) atoms. The summed E-state index contributed by atoms with van der Waals surface area (Å²) in [7, 11) is 0. The van der Waals surface area contributed by atoms with Crippen LogP contribution in [0.25, 0.3) is 0 Å². The molecule has 1 saturated carbocycles. The van der Waals surface area contributed by atoms with E-state index >= 15 is 0 Å². The summed E-state index contributed by atoms with van der Waals surface area (Å²) in [4.78, 5) is 11.8. The Hall–Kier alpha value is -1.82. The highest BCUT2D eigenvalue weighted by atomic mass is 16.1. The lowest BCUT2D eigenvalue weighted by Gasteiger charge is -2.10. The fourth-order valence-corrected chi connectivity index (χ4v) is 1.98. The first-order valence-corrected chi connectivity index (χ1v) is 6.51. The molecule has 1 atom stereocenters. The van der Waals surface area contributed by atoms with E-state index in [0.29, 0.717) is 13.0 Å². The second-order valence-electron chi connectivity index (χ2n) is 4.89. The van der Waals surface area contributed by atoms with Crippen LogP contribution in [0.3, 0.4) is 0 Å². The van der Waals surface area contributed by atoms with Crippen molar-refractivity contribution in [1.82, 2.24) is 5.32 Å². The highest BCUT2D eigenvalue weighted by Crippen LogP contribution is 2.31. The van der Waals surface area contributed by atoms with E-state index in [2.05, 4.69) is 11.4 Å². The smallest absolute Gasteiger partial charge is 0.237 e. The molecule has 0 saturated heterocycles. The monoisotopic (exact) mass is 242 g/mol. The molecule has 2 rings (SSSR count). The highest BCUT2D eigenvalue weighted by molar-refractivity contribution is 5.81. The van der Waals surface area contributed by atoms with Gasteiger partial charge in [-0.2, -0.15) is 5.26 Å². The molecule has 0 radical (unpaired) electrons. The second kappa shape index (κ2) is 6.20. The number of carbonyl (C=O) groups excluding carboxylic acids is 1. The lowest BCUT2D eigenvalue weighted by molar-refractivity contribution is -0.123. The van der Waals surface area contributed by atoms with Gasteiger partial charge in [-0.05, 0) is 24.3 Å². The summed E-state index contributed by atoms with van der Waals surface area (Å²) in [5.41, 5.74) is 1.03. The Morgan fingerprint density at radius 1 is 1.39 bits per heavy atom. The van der Waals surface area contributed by atoms with E-state index < -0.39 is 5.92 Å². The molecule has 1 aromatic rings. The lowest BCUT2D eigenvalue weighted by atomic mass is 10.00. The minimum Gasteiger partial charge on any atom is -0.355 e. The van der Waals surface area contributed by atoms with Crippen molar-refractivity contribution in [3.63, 3.8) is 0 Å². The average Bonchev–Trinajstić information content (AvgIpc) is 3.21. The molecule has 1 aliphatic carbocycles. The summed E-state index contributed by atoms with van der Waals surface area (Å²) in [5, 5.41) is 11.9. The minimum absolute atomic E-state index is 0.137. The first kappa shape index (κ1) is 12.6. The number of carbonyl (C=O) groups is 1. The van der Waals surface area contributed by atoms with Crippen LogP contribution in [0.2, 0.25) is 0 Å². The van der Waals surface area contributed by atoms with E-state index in [-0.39, 0.29) is 5.91 Å². The van der Waals surface area contributed by atoms with Gasteiger partial charge in [0, 0.05) is 6.54 Å². The normalized spacial score (nSPS) is 15.7. The quantitative estimate of drug-likeness (QED) is 0.832. The molecule has 0 bridgehead atoms. The number of rotatable bonds is 6. The Bertz CT molecular complexity index is 432. The molecule has 1 aliphatic rings. The van der Waals surface area contributed by atoms with Crippen LogP contribution in [0, 0.1) is 23.2 Å². The number of benzene rings is 1. The number of nitriles is 1. The van der Waals surface area contributed by atoms with Crippen molar-refractivity contribution in [3.05, 3.63) is 35.9 Å². The molecule has 94 valence electrons. The molecule has 1 aromatic carbocycles. The van der Waals surface area contributed by atoms with Crippen molar-refractivity contribution in [2.24, 2.45) is 11.8 Å². The van der Waals surface area contributed by atoms with E-state index in [0.717, 1.165) is 17.9 Å². The zero-order chi connectivity index (χ0) is 12.8. The summed E-state index contributed by atoms with van der Waals surface area (Å²) >= 11 is 0. The second-order valence-corrected chi connectivity index (χ2v) is 4.89. The summed E-state index contributed by atoms with van der Waals surface area (Å²) < 4.78 is 0. The summed E-state index contributed by atoms with van der Waals surface area (Å²) in [6, 6.07) is 11.8. The third kappa shape index (κ3) is 3.89. The van der Waals surface area contributed by atoms with Gasteiger partial charge in [0.05, 0.1) is 6.07 Å².